The molecule has 0 radical (unpaired) electrons. The third kappa shape index (κ3) is 3.90. The zero-order valence-electron chi connectivity index (χ0n) is 17.3. The second kappa shape index (κ2) is 8.22. The molecule has 7 nitrogen and oxygen atoms in total. The second-order valence-electron chi connectivity index (χ2n) is 7.34. The number of thiophene rings is 1. The van der Waals surface area contributed by atoms with Gasteiger partial charge in [0, 0.05) is 22.9 Å². The average Bonchev–Trinajstić information content (AvgIpc) is 3.48. The largest absolute Gasteiger partial charge is 0.339 e. The molecular weight excluding hydrogens is 446 g/mol. The predicted octanol–water partition coefficient (Wildman–Crippen LogP) is 5.72. The molecule has 2 aromatic carbocycles. The fraction of sp³-hybridized carbons (Fsp3) is 0.130. The number of hydrogen-bond acceptors (Lipinski definition) is 6. The van der Waals surface area contributed by atoms with E-state index in [1.807, 2.05) is 66.2 Å². The molecule has 160 valence electrons. The number of amides is 1. The van der Waals surface area contributed by atoms with Crippen molar-refractivity contribution in [3.8, 4) is 11.4 Å². The maximum absolute atomic E-state index is 13.1. The minimum absolute atomic E-state index is 0.198. The summed E-state index contributed by atoms with van der Waals surface area (Å²) in [7, 11) is 0. The number of para-hydroxylation sites is 1. The third-order valence-corrected chi connectivity index (χ3v) is 6.42. The van der Waals surface area contributed by atoms with Crippen molar-refractivity contribution in [3.63, 3.8) is 0 Å². The van der Waals surface area contributed by atoms with Crippen LogP contribution in [0.2, 0.25) is 5.02 Å². The number of aryl methyl sites for hydroxylation is 2. The fourth-order valence-electron chi connectivity index (χ4n) is 3.47. The molecule has 0 fully saturated rings. The summed E-state index contributed by atoms with van der Waals surface area (Å²) in [5.74, 6) is 0.701. The van der Waals surface area contributed by atoms with Gasteiger partial charge in [0.2, 0.25) is 11.7 Å². The standard InChI is InChI=1S/C23H18ClN5O2S/c1-13-18-11-20(32-23(18)29(27-13)12-15-7-9-16(24)10-8-15)22(30)26-19-6-4-3-5-17(19)21-25-14(2)31-28-21/h3-11H,12H2,1-2H3,(H,26,30). The van der Waals surface area contributed by atoms with Crippen molar-refractivity contribution >= 4 is 44.7 Å². The number of anilines is 1. The second-order valence-corrected chi connectivity index (χ2v) is 8.80. The van der Waals surface area contributed by atoms with Crippen molar-refractivity contribution in [2.75, 3.05) is 5.32 Å². The lowest BCUT2D eigenvalue weighted by Crippen LogP contribution is -2.11. The molecular formula is C23H18ClN5O2S. The van der Waals surface area contributed by atoms with E-state index in [9.17, 15) is 4.79 Å². The zero-order chi connectivity index (χ0) is 22.2. The van der Waals surface area contributed by atoms with Gasteiger partial charge in [-0.25, -0.2) is 0 Å². The monoisotopic (exact) mass is 463 g/mol. The van der Waals surface area contributed by atoms with Crippen LogP contribution in [-0.4, -0.2) is 25.8 Å². The first-order valence-corrected chi connectivity index (χ1v) is 11.1. The Hall–Kier alpha value is -3.49. The Morgan fingerprint density at radius 2 is 1.94 bits per heavy atom. The molecule has 0 aliphatic carbocycles. The van der Waals surface area contributed by atoms with E-state index in [1.165, 1.54) is 11.3 Å². The van der Waals surface area contributed by atoms with Gasteiger partial charge in [0.05, 0.1) is 22.8 Å². The first kappa shape index (κ1) is 20.4. The van der Waals surface area contributed by atoms with Gasteiger partial charge in [-0.15, -0.1) is 11.3 Å². The van der Waals surface area contributed by atoms with Gasteiger partial charge in [-0.05, 0) is 42.8 Å². The molecule has 5 rings (SSSR count). The van der Waals surface area contributed by atoms with E-state index >= 15 is 0 Å². The molecule has 0 aliphatic rings. The SMILES string of the molecule is Cc1nc(-c2ccccc2NC(=O)c2cc3c(C)nn(Cc4ccc(Cl)cc4)c3s2)no1. The van der Waals surface area contributed by atoms with E-state index in [0.717, 1.165) is 21.5 Å². The van der Waals surface area contributed by atoms with Gasteiger partial charge in [0.1, 0.15) is 4.83 Å². The summed E-state index contributed by atoms with van der Waals surface area (Å²) in [5, 5.41) is 13.3. The van der Waals surface area contributed by atoms with Gasteiger partial charge in [-0.2, -0.15) is 10.1 Å². The van der Waals surface area contributed by atoms with Crippen LogP contribution in [0.15, 0.2) is 59.1 Å². The third-order valence-electron chi connectivity index (χ3n) is 5.02. The molecule has 9 heteroatoms. The molecule has 0 saturated heterocycles. The topological polar surface area (TPSA) is 85.8 Å². The molecule has 0 saturated carbocycles. The Morgan fingerprint density at radius 1 is 1.16 bits per heavy atom. The van der Waals surface area contributed by atoms with Crippen LogP contribution in [0.25, 0.3) is 21.6 Å². The van der Waals surface area contributed by atoms with Gasteiger partial charge >= 0.3 is 0 Å². The first-order valence-electron chi connectivity index (χ1n) is 9.90. The summed E-state index contributed by atoms with van der Waals surface area (Å²) >= 11 is 7.40. The van der Waals surface area contributed by atoms with Crippen LogP contribution in [0.1, 0.15) is 26.8 Å². The van der Waals surface area contributed by atoms with Crippen LogP contribution in [-0.2, 0) is 6.54 Å². The molecule has 3 aromatic heterocycles. The number of aromatic nitrogens is 4. The van der Waals surface area contributed by atoms with E-state index in [2.05, 4.69) is 20.6 Å². The molecule has 3 heterocycles. The van der Waals surface area contributed by atoms with E-state index in [-0.39, 0.29) is 5.91 Å². The lowest BCUT2D eigenvalue weighted by molar-refractivity contribution is 0.103. The first-order chi connectivity index (χ1) is 15.5. The van der Waals surface area contributed by atoms with Crippen LogP contribution in [0.5, 0.6) is 0 Å². The van der Waals surface area contributed by atoms with Crippen molar-refractivity contribution in [1.82, 2.24) is 19.9 Å². The molecule has 5 aromatic rings. The zero-order valence-corrected chi connectivity index (χ0v) is 18.9. The Morgan fingerprint density at radius 3 is 2.69 bits per heavy atom. The summed E-state index contributed by atoms with van der Waals surface area (Å²) in [5.41, 5.74) is 3.29. The number of hydrogen-bond donors (Lipinski definition) is 1. The minimum atomic E-state index is -0.198. The molecule has 0 unspecified atom stereocenters. The van der Waals surface area contributed by atoms with E-state index in [0.29, 0.717) is 39.4 Å². The highest BCUT2D eigenvalue weighted by molar-refractivity contribution is 7.20. The minimum Gasteiger partial charge on any atom is -0.339 e. The average molecular weight is 464 g/mol. The summed E-state index contributed by atoms with van der Waals surface area (Å²) < 4.78 is 7.01. The maximum atomic E-state index is 13.1. The quantitative estimate of drug-likeness (QED) is 0.360. The Labute approximate surface area is 192 Å². The van der Waals surface area contributed by atoms with Crippen LogP contribution < -0.4 is 5.32 Å². The van der Waals surface area contributed by atoms with Crippen LogP contribution in [0, 0.1) is 13.8 Å². The van der Waals surface area contributed by atoms with Crippen LogP contribution >= 0.6 is 22.9 Å². The molecule has 1 amide bonds. The van der Waals surface area contributed by atoms with Gasteiger partial charge in [0.25, 0.3) is 5.91 Å². The van der Waals surface area contributed by atoms with E-state index in [1.54, 1.807) is 6.92 Å². The van der Waals surface area contributed by atoms with Crippen molar-refractivity contribution in [1.29, 1.82) is 0 Å². The van der Waals surface area contributed by atoms with E-state index < -0.39 is 0 Å². The Balaban J connectivity index is 1.43. The number of nitrogens with one attached hydrogen (secondary N) is 1. The van der Waals surface area contributed by atoms with Gasteiger partial charge in [-0.3, -0.25) is 9.48 Å². The highest BCUT2D eigenvalue weighted by atomic mass is 35.5. The number of carbonyl (C=O) groups is 1. The van der Waals surface area contributed by atoms with Gasteiger partial charge in [0.15, 0.2) is 0 Å². The highest BCUT2D eigenvalue weighted by Gasteiger charge is 2.19. The van der Waals surface area contributed by atoms with Crippen LogP contribution in [0.4, 0.5) is 5.69 Å². The highest BCUT2D eigenvalue weighted by Crippen LogP contribution is 2.31. The maximum Gasteiger partial charge on any atom is 0.265 e. The molecule has 0 atom stereocenters. The van der Waals surface area contributed by atoms with Crippen molar-refractivity contribution < 1.29 is 9.32 Å². The Bertz CT molecular complexity index is 1430. The van der Waals surface area contributed by atoms with Gasteiger partial charge < -0.3 is 9.84 Å². The number of halogens is 1. The number of nitrogens with zero attached hydrogens (tertiary/aromatic N) is 4. The van der Waals surface area contributed by atoms with Crippen molar-refractivity contribution in [3.05, 3.63) is 81.6 Å². The number of fused-ring (bicyclic) bond motifs is 1. The smallest absolute Gasteiger partial charge is 0.265 e. The van der Waals surface area contributed by atoms with Crippen molar-refractivity contribution in [2.45, 2.75) is 20.4 Å². The molecule has 1 N–H and O–H groups in total. The van der Waals surface area contributed by atoms with E-state index in [4.69, 9.17) is 16.1 Å². The predicted molar refractivity (Wildman–Crippen MR) is 125 cm³/mol. The van der Waals surface area contributed by atoms with Crippen LogP contribution in [0.3, 0.4) is 0 Å². The normalized spacial score (nSPS) is 11.2. The fourth-order valence-corrected chi connectivity index (χ4v) is 4.66. The van der Waals surface area contributed by atoms with Gasteiger partial charge in [-0.1, -0.05) is 41.0 Å². The molecule has 0 aliphatic heterocycles. The Kier molecular flexibility index (Phi) is 5.24. The lowest BCUT2D eigenvalue weighted by Gasteiger charge is -2.07. The molecule has 0 bridgehead atoms. The molecule has 0 spiro atoms. The summed E-state index contributed by atoms with van der Waals surface area (Å²) in [4.78, 5) is 18.9. The summed E-state index contributed by atoms with van der Waals surface area (Å²) in [6.45, 7) is 4.27. The summed E-state index contributed by atoms with van der Waals surface area (Å²) in [6.07, 6.45) is 0. The number of benzene rings is 2. The summed E-state index contributed by atoms with van der Waals surface area (Å²) in [6, 6.07) is 16.9. The molecule has 32 heavy (non-hydrogen) atoms. The van der Waals surface area contributed by atoms with Crippen molar-refractivity contribution in [2.24, 2.45) is 0 Å². The lowest BCUT2D eigenvalue weighted by atomic mass is 10.1. The number of carbonyl (C=O) groups excluding carboxylic acids is 1. The number of rotatable bonds is 5.